The van der Waals surface area contributed by atoms with Crippen molar-refractivity contribution in [2.45, 2.75) is 31.2 Å². The van der Waals surface area contributed by atoms with Gasteiger partial charge in [0.1, 0.15) is 0 Å². The summed E-state index contributed by atoms with van der Waals surface area (Å²) in [7, 11) is 0. The van der Waals surface area contributed by atoms with Crippen molar-refractivity contribution in [2.24, 2.45) is 5.73 Å². The standard InChI is InChI=1S/C12H14N2O2/c13-10-5-9-4-3-8(7-1-2-7)6-11(9)14(16)12(10)15/h3-4,6-7,10,16H,1-2,5,13H2. The van der Waals surface area contributed by atoms with Gasteiger partial charge in [-0.15, -0.1) is 0 Å². The highest BCUT2D eigenvalue weighted by molar-refractivity contribution is 5.98. The number of carbonyl (C=O) groups excluding carboxylic acids is 1. The van der Waals surface area contributed by atoms with Crippen LogP contribution in [0.1, 0.15) is 29.9 Å². The lowest BCUT2D eigenvalue weighted by atomic mass is 9.96. The molecule has 3 N–H and O–H groups in total. The molecular formula is C12H14N2O2. The van der Waals surface area contributed by atoms with Crippen molar-refractivity contribution in [3.63, 3.8) is 0 Å². The van der Waals surface area contributed by atoms with Gasteiger partial charge in [-0.3, -0.25) is 10.0 Å². The molecule has 3 rings (SSSR count). The SMILES string of the molecule is NC1Cc2ccc(C3CC3)cc2N(O)C1=O. The monoisotopic (exact) mass is 218 g/mol. The molecule has 4 heteroatoms. The van der Waals surface area contributed by atoms with E-state index in [9.17, 15) is 10.0 Å². The Kier molecular flexibility index (Phi) is 2.02. The Morgan fingerprint density at radius 1 is 1.38 bits per heavy atom. The fourth-order valence-corrected chi connectivity index (χ4v) is 2.22. The van der Waals surface area contributed by atoms with Crippen LogP contribution in [0.4, 0.5) is 5.69 Å². The van der Waals surface area contributed by atoms with Gasteiger partial charge in [0.15, 0.2) is 0 Å². The molecule has 1 unspecified atom stereocenters. The van der Waals surface area contributed by atoms with Crippen molar-refractivity contribution in [2.75, 3.05) is 5.06 Å². The van der Waals surface area contributed by atoms with Gasteiger partial charge in [-0.1, -0.05) is 12.1 Å². The van der Waals surface area contributed by atoms with Crippen LogP contribution in [0, 0.1) is 0 Å². The van der Waals surface area contributed by atoms with Gasteiger partial charge < -0.3 is 5.73 Å². The molecule has 16 heavy (non-hydrogen) atoms. The molecule has 4 nitrogen and oxygen atoms in total. The fourth-order valence-electron chi connectivity index (χ4n) is 2.22. The number of amides is 1. The molecule has 1 atom stereocenters. The lowest BCUT2D eigenvalue weighted by Gasteiger charge is -2.28. The van der Waals surface area contributed by atoms with Gasteiger partial charge in [-0.2, -0.15) is 5.06 Å². The van der Waals surface area contributed by atoms with E-state index < -0.39 is 11.9 Å². The van der Waals surface area contributed by atoms with E-state index in [0.29, 0.717) is 23.1 Å². The molecule has 1 aliphatic heterocycles. The quantitative estimate of drug-likeness (QED) is 0.695. The number of nitrogens with zero attached hydrogens (tertiary/aromatic N) is 1. The Balaban J connectivity index is 2.03. The Morgan fingerprint density at radius 3 is 2.81 bits per heavy atom. The first-order valence-electron chi connectivity index (χ1n) is 5.58. The van der Waals surface area contributed by atoms with Crippen LogP contribution in [0.15, 0.2) is 18.2 Å². The van der Waals surface area contributed by atoms with Crippen LogP contribution in [0.5, 0.6) is 0 Å². The predicted octanol–water partition coefficient (Wildman–Crippen LogP) is 1.17. The summed E-state index contributed by atoms with van der Waals surface area (Å²) in [6.45, 7) is 0. The molecule has 0 radical (unpaired) electrons. The van der Waals surface area contributed by atoms with Gasteiger partial charge in [-0.25, -0.2) is 0 Å². The third-order valence-corrected chi connectivity index (χ3v) is 3.35. The van der Waals surface area contributed by atoms with E-state index in [0.717, 1.165) is 5.56 Å². The minimum Gasteiger partial charge on any atom is -0.320 e. The number of fused-ring (bicyclic) bond motifs is 1. The largest absolute Gasteiger partial charge is 0.320 e. The van der Waals surface area contributed by atoms with E-state index in [1.54, 1.807) is 0 Å². The van der Waals surface area contributed by atoms with Gasteiger partial charge in [0.2, 0.25) is 0 Å². The van der Waals surface area contributed by atoms with Gasteiger partial charge in [0.25, 0.3) is 5.91 Å². The molecule has 0 bridgehead atoms. The topological polar surface area (TPSA) is 66.6 Å². The van der Waals surface area contributed by atoms with Crippen LogP contribution in [-0.4, -0.2) is 17.2 Å². The molecule has 1 amide bonds. The second-order valence-electron chi connectivity index (χ2n) is 4.62. The van der Waals surface area contributed by atoms with Crippen LogP contribution in [0.3, 0.4) is 0 Å². The summed E-state index contributed by atoms with van der Waals surface area (Å²) in [5, 5.41) is 10.4. The van der Waals surface area contributed by atoms with Crippen LogP contribution in [-0.2, 0) is 11.2 Å². The second-order valence-corrected chi connectivity index (χ2v) is 4.62. The van der Waals surface area contributed by atoms with Crippen LogP contribution in [0.25, 0.3) is 0 Å². The molecule has 0 saturated heterocycles. The molecule has 1 saturated carbocycles. The summed E-state index contributed by atoms with van der Waals surface area (Å²) < 4.78 is 0. The van der Waals surface area contributed by atoms with Crippen LogP contribution < -0.4 is 10.8 Å². The maximum Gasteiger partial charge on any atom is 0.267 e. The molecule has 84 valence electrons. The maximum absolute atomic E-state index is 11.5. The molecule has 1 aromatic rings. The summed E-state index contributed by atoms with van der Waals surface area (Å²) in [4.78, 5) is 11.5. The number of hydroxylamine groups is 1. The Labute approximate surface area is 93.6 Å². The van der Waals surface area contributed by atoms with Crippen molar-refractivity contribution in [1.82, 2.24) is 0 Å². The first-order chi connectivity index (χ1) is 7.66. The summed E-state index contributed by atoms with van der Waals surface area (Å²) in [5.41, 5.74) is 8.40. The number of hydrogen-bond donors (Lipinski definition) is 2. The van der Waals surface area contributed by atoms with Crippen molar-refractivity contribution < 1.29 is 10.0 Å². The number of benzene rings is 1. The third kappa shape index (κ3) is 1.42. The lowest BCUT2D eigenvalue weighted by molar-refractivity contribution is -0.125. The summed E-state index contributed by atoms with van der Waals surface area (Å²) in [6, 6.07) is 5.34. The molecule has 1 aliphatic carbocycles. The van der Waals surface area contributed by atoms with Crippen molar-refractivity contribution >= 4 is 11.6 Å². The van der Waals surface area contributed by atoms with Gasteiger partial charge >= 0.3 is 0 Å². The van der Waals surface area contributed by atoms with E-state index in [-0.39, 0.29) is 0 Å². The molecule has 1 heterocycles. The third-order valence-electron chi connectivity index (χ3n) is 3.35. The highest BCUT2D eigenvalue weighted by Gasteiger charge is 2.31. The van der Waals surface area contributed by atoms with Gasteiger partial charge in [-0.05, 0) is 42.4 Å². The minimum atomic E-state index is -0.621. The molecule has 0 spiro atoms. The number of anilines is 1. The summed E-state index contributed by atoms with van der Waals surface area (Å²) in [6.07, 6.45) is 2.92. The van der Waals surface area contributed by atoms with E-state index >= 15 is 0 Å². The van der Waals surface area contributed by atoms with E-state index in [1.807, 2.05) is 12.1 Å². The van der Waals surface area contributed by atoms with Gasteiger partial charge in [0.05, 0.1) is 11.7 Å². The van der Waals surface area contributed by atoms with Crippen molar-refractivity contribution in [1.29, 1.82) is 0 Å². The van der Waals surface area contributed by atoms with E-state index in [2.05, 4.69) is 6.07 Å². The van der Waals surface area contributed by atoms with Gasteiger partial charge in [0, 0.05) is 0 Å². The van der Waals surface area contributed by atoms with E-state index in [1.165, 1.54) is 18.4 Å². The number of nitrogens with two attached hydrogens (primary N) is 1. The van der Waals surface area contributed by atoms with Crippen LogP contribution >= 0.6 is 0 Å². The van der Waals surface area contributed by atoms with Crippen molar-refractivity contribution in [3.8, 4) is 0 Å². The smallest absolute Gasteiger partial charge is 0.267 e. The molecule has 0 aromatic heterocycles. The molecule has 2 aliphatic rings. The van der Waals surface area contributed by atoms with Crippen LogP contribution in [0.2, 0.25) is 0 Å². The highest BCUT2D eigenvalue weighted by Crippen LogP contribution is 2.42. The average molecular weight is 218 g/mol. The zero-order valence-corrected chi connectivity index (χ0v) is 8.89. The normalized spacial score (nSPS) is 24.5. The Bertz CT molecular complexity index is 454. The lowest BCUT2D eigenvalue weighted by Crippen LogP contribution is -2.47. The predicted molar refractivity (Wildman–Crippen MR) is 59.4 cm³/mol. The van der Waals surface area contributed by atoms with E-state index in [4.69, 9.17) is 5.73 Å². The average Bonchev–Trinajstić information content (AvgIpc) is 3.10. The van der Waals surface area contributed by atoms with Crippen molar-refractivity contribution in [3.05, 3.63) is 29.3 Å². The minimum absolute atomic E-state index is 0.416. The maximum atomic E-state index is 11.5. The Hall–Kier alpha value is -1.39. The fraction of sp³-hybridized carbons (Fsp3) is 0.417. The Morgan fingerprint density at radius 2 is 2.12 bits per heavy atom. The second kappa shape index (κ2) is 3.30. The molecular weight excluding hydrogens is 204 g/mol. The highest BCUT2D eigenvalue weighted by atomic mass is 16.5. The number of rotatable bonds is 1. The number of hydrogen-bond acceptors (Lipinski definition) is 3. The molecule has 1 aromatic carbocycles. The first-order valence-corrected chi connectivity index (χ1v) is 5.58. The first kappa shape index (κ1) is 9.81. The molecule has 1 fully saturated rings. The number of carbonyl (C=O) groups is 1. The zero-order valence-electron chi connectivity index (χ0n) is 8.89. The summed E-state index contributed by atoms with van der Waals surface area (Å²) in [5.74, 6) is 0.199. The summed E-state index contributed by atoms with van der Waals surface area (Å²) >= 11 is 0. The zero-order chi connectivity index (χ0) is 11.3.